The van der Waals surface area contributed by atoms with E-state index in [0.29, 0.717) is 32.8 Å². The largest absolute Gasteiger partial charge is 0.493 e. The van der Waals surface area contributed by atoms with Crippen LogP contribution in [-0.2, 0) is 4.79 Å². The minimum absolute atomic E-state index is 0.277. The molecule has 1 N–H and O–H groups in total. The number of nitriles is 1. The third-order valence-corrected chi connectivity index (χ3v) is 10.9. The first-order chi connectivity index (χ1) is 30.8. The van der Waals surface area contributed by atoms with Crippen LogP contribution in [0.15, 0.2) is 139 Å². The molecule has 0 radical (unpaired) electrons. The monoisotopic (exact) mass is 844 g/mol. The van der Waals surface area contributed by atoms with Gasteiger partial charge in [0, 0.05) is 40.3 Å². The maximum atomic E-state index is 11.5. The number of benzene rings is 5. The van der Waals surface area contributed by atoms with E-state index in [2.05, 4.69) is 118 Å². The van der Waals surface area contributed by atoms with Crippen molar-refractivity contribution in [1.82, 2.24) is 0 Å². The standard InChI is InChI=1S/C55H60N2O6/c1-5-9-31-60-49-27-29-51(53(37-49)62-33-11-7-3)42-17-23-47(24-18-42)57(46-21-15-41(16-22-46)44-14-13-40(35-44)36-45(39-56)55(58)59)48-25-19-43(20-26-48)52-30-28-50(61-32-10-6-2)38-54(52)63-34-12-8-4/h13-30,36-38H,5-12,31-35H2,1-4H3,(H,58,59). The highest BCUT2D eigenvalue weighted by Crippen LogP contribution is 2.41. The summed E-state index contributed by atoms with van der Waals surface area (Å²) in [4.78, 5) is 13.7. The van der Waals surface area contributed by atoms with Gasteiger partial charge in [-0.05, 0) is 127 Å². The van der Waals surface area contributed by atoms with Gasteiger partial charge in [-0.1, -0.05) is 102 Å². The summed E-state index contributed by atoms with van der Waals surface area (Å²) >= 11 is 0. The van der Waals surface area contributed by atoms with Crippen LogP contribution in [0.2, 0.25) is 0 Å². The molecule has 1 aliphatic carbocycles. The Hall–Kier alpha value is -6.72. The van der Waals surface area contributed by atoms with Crippen molar-refractivity contribution in [2.24, 2.45) is 0 Å². The maximum absolute atomic E-state index is 11.5. The number of ether oxygens (including phenoxy) is 4. The molecule has 0 heterocycles. The van der Waals surface area contributed by atoms with Gasteiger partial charge in [-0.2, -0.15) is 5.26 Å². The first-order valence-corrected chi connectivity index (χ1v) is 22.5. The van der Waals surface area contributed by atoms with E-state index in [-0.39, 0.29) is 5.57 Å². The van der Waals surface area contributed by atoms with Gasteiger partial charge in [-0.25, -0.2) is 4.79 Å². The topological polar surface area (TPSA) is 101 Å². The molecule has 0 aliphatic heterocycles. The zero-order chi connectivity index (χ0) is 44.4. The average molecular weight is 845 g/mol. The molecule has 0 fully saturated rings. The molecule has 5 aromatic rings. The van der Waals surface area contributed by atoms with Gasteiger partial charge < -0.3 is 29.0 Å². The number of carboxylic acid groups (broad SMARTS) is 1. The van der Waals surface area contributed by atoms with Crippen molar-refractivity contribution < 1.29 is 28.8 Å². The van der Waals surface area contributed by atoms with Crippen LogP contribution in [0.1, 0.15) is 91.0 Å². The van der Waals surface area contributed by atoms with Gasteiger partial charge >= 0.3 is 5.97 Å². The summed E-state index contributed by atoms with van der Waals surface area (Å²) in [6.45, 7) is 11.3. The molecule has 6 rings (SSSR count). The van der Waals surface area contributed by atoms with Crippen molar-refractivity contribution in [3.63, 3.8) is 0 Å². The maximum Gasteiger partial charge on any atom is 0.346 e. The van der Waals surface area contributed by atoms with Crippen LogP contribution in [0.25, 0.3) is 27.8 Å². The Bertz CT molecular complexity index is 2300. The molecular formula is C55H60N2O6. The Kier molecular flexibility index (Phi) is 17.1. The highest BCUT2D eigenvalue weighted by Gasteiger charge is 2.18. The summed E-state index contributed by atoms with van der Waals surface area (Å²) < 4.78 is 24.8. The first kappa shape index (κ1) is 45.8. The number of carboxylic acids is 1. The Morgan fingerprint density at radius 2 is 1.00 bits per heavy atom. The number of anilines is 3. The highest BCUT2D eigenvalue weighted by atomic mass is 16.5. The summed E-state index contributed by atoms with van der Waals surface area (Å²) in [5, 5.41) is 18.6. The molecule has 0 saturated carbocycles. The molecule has 326 valence electrons. The fourth-order valence-corrected chi connectivity index (χ4v) is 7.24. The number of hydrogen-bond acceptors (Lipinski definition) is 7. The average Bonchev–Trinajstić information content (AvgIpc) is 3.78. The highest BCUT2D eigenvalue weighted by molar-refractivity contribution is 5.92. The van der Waals surface area contributed by atoms with Gasteiger partial charge in [0.1, 0.15) is 34.6 Å². The number of rotatable bonds is 24. The zero-order valence-electron chi connectivity index (χ0n) is 37.2. The van der Waals surface area contributed by atoms with E-state index in [4.69, 9.17) is 18.9 Å². The summed E-state index contributed by atoms with van der Waals surface area (Å²) in [7, 11) is 0. The Balaban J connectivity index is 1.33. The normalized spacial score (nSPS) is 12.3. The minimum atomic E-state index is -1.23. The predicted octanol–water partition coefficient (Wildman–Crippen LogP) is 14.5. The zero-order valence-corrected chi connectivity index (χ0v) is 37.2. The Morgan fingerprint density at radius 3 is 1.40 bits per heavy atom. The van der Waals surface area contributed by atoms with Gasteiger partial charge in [0.05, 0.1) is 26.4 Å². The molecule has 63 heavy (non-hydrogen) atoms. The van der Waals surface area contributed by atoms with E-state index in [0.717, 1.165) is 130 Å². The second-order valence-corrected chi connectivity index (χ2v) is 15.7. The molecule has 0 atom stereocenters. The summed E-state index contributed by atoms with van der Waals surface area (Å²) in [5.74, 6) is 2.03. The van der Waals surface area contributed by atoms with Crippen molar-refractivity contribution in [2.45, 2.75) is 85.5 Å². The van der Waals surface area contributed by atoms with E-state index < -0.39 is 5.97 Å². The van der Waals surface area contributed by atoms with Crippen LogP contribution in [0.3, 0.4) is 0 Å². The molecule has 8 heteroatoms. The lowest BCUT2D eigenvalue weighted by molar-refractivity contribution is -0.132. The van der Waals surface area contributed by atoms with Crippen LogP contribution in [-0.4, -0.2) is 37.5 Å². The van der Waals surface area contributed by atoms with E-state index in [1.807, 2.05) is 36.4 Å². The second kappa shape index (κ2) is 23.5. The van der Waals surface area contributed by atoms with Crippen molar-refractivity contribution in [3.05, 3.63) is 144 Å². The Labute approximate surface area is 373 Å². The molecular weight excluding hydrogens is 785 g/mol. The molecule has 0 bridgehead atoms. The van der Waals surface area contributed by atoms with Gasteiger partial charge in [0.15, 0.2) is 0 Å². The molecule has 0 aromatic heterocycles. The quantitative estimate of drug-likeness (QED) is 0.0372. The summed E-state index contributed by atoms with van der Waals surface area (Å²) in [6, 6.07) is 39.6. The van der Waals surface area contributed by atoms with E-state index in [9.17, 15) is 15.2 Å². The summed E-state index contributed by atoms with van der Waals surface area (Å²) in [6.07, 6.45) is 14.0. The summed E-state index contributed by atoms with van der Waals surface area (Å²) in [5.41, 5.74) is 9.62. The fourth-order valence-electron chi connectivity index (χ4n) is 7.24. The lowest BCUT2D eigenvalue weighted by atomic mass is 10.0. The van der Waals surface area contributed by atoms with Crippen molar-refractivity contribution in [3.8, 4) is 51.3 Å². The third kappa shape index (κ3) is 12.4. The number of aliphatic carboxylic acids is 1. The van der Waals surface area contributed by atoms with Crippen LogP contribution >= 0.6 is 0 Å². The molecule has 5 aromatic carbocycles. The number of hydrogen-bond donors (Lipinski definition) is 1. The lowest BCUT2D eigenvalue weighted by Gasteiger charge is -2.26. The molecule has 0 unspecified atom stereocenters. The SMILES string of the molecule is CCCCOc1ccc(-c2ccc(N(c3ccc(C4=CC=C(C=C(C#N)C(=O)O)C4)cc3)c3ccc(-c4ccc(OCCCC)cc4OCCCC)cc3)cc2)c(OCCCC)c1. The van der Waals surface area contributed by atoms with E-state index in [1.54, 1.807) is 6.07 Å². The number of nitrogens with zero attached hydrogens (tertiary/aromatic N) is 2. The van der Waals surface area contributed by atoms with Crippen molar-refractivity contribution >= 4 is 28.6 Å². The molecule has 0 spiro atoms. The van der Waals surface area contributed by atoms with Gasteiger partial charge in [-0.3, -0.25) is 0 Å². The number of allylic oxidation sites excluding steroid dienone is 5. The van der Waals surface area contributed by atoms with E-state index >= 15 is 0 Å². The number of carbonyl (C=O) groups is 1. The molecule has 0 amide bonds. The molecule has 0 saturated heterocycles. The minimum Gasteiger partial charge on any atom is -0.493 e. The van der Waals surface area contributed by atoms with Crippen LogP contribution in [0.5, 0.6) is 23.0 Å². The number of unbranched alkanes of at least 4 members (excludes halogenated alkanes) is 4. The molecule has 8 nitrogen and oxygen atoms in total. The van der Waals surface area contributed by atoms with Crippen molar-refractivity contribution in [1.29, 1.82) is 5.26 Å². The Morgan fingerprint density at radius 1 is 0.587 bits per heavy atom. The van der Waals surface area contributed by atoms with Gasteiger partial charge in [0.2, 0.25) is 0 Å². The van der Waals surface area contributed by atoms with Crippen LogP contribution in [0.4, 0.5) is 17.1 Å². The predicted molar refractivity (Wildman–Crippen MR) is 256 cm³/mol. The second-order valence-electron chi connectivity index (χ2n) is 15.7. The lowest BCUT2D eigenvalue weighted by Crippen LogP contribution is -2.10. The first-order valence-electron chi connectivity index (χ1n) is 22.5. The van der Waals surface area contributed by atoms with Crippen LogP contribution < -0.4 is 23.8 Å². The smallest absolute Gasteiger partial charge is 0.346 e. The fraction of sp³-hybridized carbons (Fsp3) is 0.309. The van der Waals surface area contributed by atoms with Crippen molar-refractivity contribution in [2.75, 3.05) is 31.3 Å². The van der Waals surface area contributed by atoms with Gasteiger partial charge in [0.25, 0.3) is 0 Å². The van der Waals surface area contributed by atoms with E-state index in [1.165, 1.54) is 6.08 Å². The van der Waals surface area contributed by atoms with Gasteiger partial charge in [-0.15, -0.1) is 0 Å². The third-order valence-electron chi connectivity index (χ3n) is 10.9. The van der Waals surface area contributed by atoms with Crippen LogP contribution in [0, 0.1) is 11.3 Å². The molecule has 1 aliphatic rings.